The van der Waals surface area contributed by atoms with Crippen LogP contribution in [-0.4, -0.2) is 11.7 Å². The quantitative estimate of drug-likeness (QED) is 0.607. The van der Waals surface area contributed by atoms with Gasteiger partial charge in [0.15, 0.2) is 0 Å². The van der Waals surface area contributed by atoms with Crippen molar-refractivity contribution in [2.75, 3.05) is 6.61 Å². The molecule has 1 atom stereocenters. The van der Waals surface area contributed by atoms with Gasteiger partial charge in [0.2, 0.25) is 0 Å². The number of aliphatic hydroxyl groups excluding tert-OH is 1. The van der Waals surface area contributed by atoms with Gasteiger partial charge in [-0.05, 0) is 6.07 Å². The highest BCUT2D eigenvalue weighted by Gasteiger charge is 2.17. The zero-order chi connectivity index (χ0) is 7.68. The fourth-order valence-electron chi connectivity index (χ4n) is 1.32. The molecule has 1 aromatic carbocycles. The van der Waals surface area contributed by atoms with Gasteiger partial charge in [-0.2, -0.15) is 0 Å². The molecule has 58 valence electrons. The Labute approximate surface area is 65.4 Å². The number of ether oxygens (including phenoxy) is 1. The minimum absolute atomic E-state index is 0.333. The SMILES string of the molecule is O[C@H]1CCOc2ccccc21. The Kier molecular flexibility index (Phi) is 1.55. The van der Waals surface area contributed by atoms with Crippen molar-refractivity contribution in [1.82, 2.24) is 0 Å². The van der Waals surface area contributed by atoms with Crippen LogP contribution in [0.25, 0.3) is 0 Å². The minimum Gasteiger partial charge on any atom is -0.493 e. The summed E-state index contributed by atoms with van der Waals surface area (Å²) in [6.07, 6.45) is 0.372. The zero-order valence-electron chi connectivity index (χ0n) is 6.16. The van der Waals surface area contributed by atoms with Crippen LogP contribution in [0, 0.1) is 0 Å². The van der Waals surface area contributed by atoms with E-state index in [9.17, 15) is 5.11 Å². The van der Waals surface area contributed by atoms with Crippen LogP contribution in [0.3, 0.4) is 0 Å². The molecule has 2 heteroatoms. The first-order valence-corrected chi connectivity index (χ1v) is 3.78. The summed E-state index contributed by atoms with van der Waals surface area (Å²) in [5.74, 6) is 0.825. The van der Waals surface area contributed by atoms with E-state index < -0.39 is 0 Å². The highest BCUT2D eigenvalue weighted by molar-refractivity contribution is 5.36. The molecule has 0 unspecified atom stereocenters. The van der Waals surface area contributed by atoms with Gasteiger partial charge in [0.1, 0.15) is 5.75 Å². The Hall–Kier alpha value is -1.02. The van der Waals surface area contributed by atoms with E-state index in [1.165, 1.54) is 0 Å². The van der Waals surface area contributed by atoms with Crippen LogP contribution in [0.5, 0.6) is 5.75 Å². The smallest absolute Gasteiger partial charge is 0.125 e. The number of rotatable bonds is 0. The molecule has 1 aliphatic rings. The maximum atomic E-state index is 9.48. The number of fused-ring (bicyclic) bond motifs is 1. The maximum Gasteiger partial charge on any atom is 0.125 e. The molecule has 1 heterocycles. The predicted molar refractivity (Wildman–Crippen MR) is 41.5 cm³/mol. The van der Waals surface area contributed by atoms with Gasteiger partial charge in [0.05, 0.1) is 12.7 Å². The summed E-state index contributed by atoms with van der Waals surface area (Å²) in [4.78, 5) is 0. The summed E-state index contributed by atoms with van der Waals surface area (Å²) in [5.41, 5.74) is 0.916. The summed E-state index contributed by atoms with van der Waals surface area (Å²) >= 11 is 0. The largest absolute Gasteiger partial charge is 0.493 e. The number of benzene rings is 1. The van der Waals surface area contributed by atoms with Crippen molar-refractivity contribution in [1.29, 1.82) is 0 Å². The molecule has 0 aliphatic carbocycles. The first-order valence-electron chi connectivity index (χ1n) is 3.78. The molecule has 0 saturated heterocycles. The molecule has 1 aromatic rings. The van der Waals surface area contributed by atoms with E-state index in [-0.39, 0.29) is 6.10 Å². The second-order valence-corrected chi connectivity index (χ2v) is 2.69. The van der Waals surface area contributed by atoms with E-state index in [0.717, 1.165) is 11.3 Å². The summed E-state index contributed by atoms with van der Waals surface area (Å²) in [7, 11) is 0. The lowest BCUT2D eigenvalue weighted by Crippen LogP contribution is -2.13. The van der Waals surface area contributed by atoms with Crippen LogP contribution in [0.15, 0.2) is 24.3 Å². The Morgan fingerprint density at radius 2 is 2.18 bits per heavy atom. The van der Waals surface area contributed by atoms with Crippen molar-refractivity contribution in [2.24, 2.45) is 0 Å². The van der Waals surface area contributed by atoms with Gasteiger partial charge in [0.25, 0.3) is 0 Å². The number of hydrogen-bond donors (Lipinski definition) is 1. The van der Waals surface area contributed by atoms with Crippen molar-refractivity contribution >= 4 is 0 Å². The summed E-state index contributed by atoms with van der Waals surface area (Å²) in [6.45, 7) is 0.623. The van der Waals surface area contributed by atoms with Gasteiger partial charge in [0, 0.05) is 12.0 Å². The molecule has 0 aromatic heterocycles. The Bertz CT molecular complexity index is 257. The van der Waals surface area contributed by atoms with Gasteiger partial charge in [-0.1, -0.05) is 18.2 Å². The Balaban J connectivity index is 2.44. The zero-order valence-corrected chi connectivity index (χ0v) is 6.16. The number of aliphatic hydroxyl groups is 1. The van der Waals surface area contributed by atoms with Crippen LogP contribution < -0.4 is 4.74 Å². The van der Waals surface area contributed by atoms with Gasteiger partial charge >= 0.3 is 0 Å². The number of hydrogen-bond acceptors (Lipinski definition) is 2. The molecule has 0 radical (unpaired) electrons. The van der Waals surface area contributed by atoms with Crippen LogP contribution >= 0.6 is 0 Å². The summed E-state index contributed by atoms with van der Waals surface area (Å²) < 4.78 is 5.33. The van der Waals surface area contributed by atoms with E-state index in [1.807, 2.05) is 24.3 Å². The lowest BCUT2D eigenvalue weighted by Gasteiger charge is -2.21. The topological polar surface area (TPSA) is 29.5 Å². The van der Waals surface area contributed by atoms with Crippen molar-refractivity contribution in [3.8, 4) is 5.75 Å². The molecule has 2 nitrogen and oxygen atoms in total. The first kappa shape index (κ1) is 6.68. The van der Waals surface area contributed by atoms with E-state index in [4.69, 9.17) is 4.74 Å². The molecular formula is C9H10O2. The molecule has 0 spiro atoms. The second-order valence-electron chi connectivity index (χ2n) is 2.69. The van der Waals surface area contributed by atoms with Crippen molar-refractivity contribution < 1.29 is 9.84 Å². The van der Waals surface area contributed by atoms with Gasteiger partial charge in [-0.3, -0.25) is 0 Å². The third kappa shape index (κ3) is 1.10. The lowest BCUT2D eigenvalue weighted by atomic mass is 10.0. The average Bonchev–Trinajstić information content (AvgIpc) is 2.06. The molecule has 1 N–H and O–H groups in total. The molecular weight excluding hydrogens is 140 g/mol. The normalized spacial score (nSPS) is 22.1. The Morgan fingerprint density at radius 3 is 3.00 bits per heavy atom. The summed E-state index contributed by atoms with van der Waals surface area (Å²) in [6, 6.07) is 7.62. The van der Waals surface area contributed by atoms with Crippen LogP contribution in [-0.2, 0) is 0 Å². The maximum absolute atomic E-state index is 9.48. The monoisotopic (exact) mass is 150 g/mol. The van der Waals surface area contributed by atoms with E-state index >= 15 is 0 Å². The molecule has 0 fully saturated rings. The van der Waals surface area contributed by atoms with Crippen molar-refractivity contribution in [3.05, 3.63) is 29.8 Å². The second kappa shape index (κ2) is 2.55. The average molecular weight is 150 g/mol. The number of para-hydroxylation sites is 1. The third-order valence-electron chi connectivity index (χ3n) is 1.93. The van der Waals surface area contributed by atoms with Crippen molar-refractivity contribution in [3.63, 3.8) is 0 Å². The lowest BCUT2D eigenvalue weighted by molar-refractivity contribution is 0.115. The van der Waals surface area contributed by atoms with E-state index in [2.05, 4.69) is 0 Å². The molecule has 11 heavy (non-hydrogen) atoms. The predicted octanol–water partition coefficient (Wildman–Crippen LogP) is 1.50. The molecule has 0 saturated carbocycles. The van der Waals surface area contributed by atoms with E-state index in [1.54, 1.807) is 0 Å². The molecule has 1 aliphatic heterocycles. The minimum atomic E-state index is -0.333. The van der Waals surface area contributed by atoms with Crippen LogP contribution in [0.4, 0.5) is 0 Å². The van der Waals surface area contributed by atoms with Crippen LogP contribution in [0.1, 0.15) is 18.1 Å². The van der Waals surface area contributed by atoms with Gasteiger partial charge in [-0.15, -0.1) is 0 Å². The van der Waals surface area contributed by atoms with Gasteiger partial charge in [-0.25, -0.2) is 0 Å². The fraction of sp³-hybridized carbons (Fsp3) is 0.333. The van der Waals surface area contributed by atoms with Crippen molar-refractivity contribution in [2.45, 2.75) is 12.5 Å². The molecule has 2 rings (SSSR count). The highest BCUT2D eigenvalue weighted by Crippen LogP contribution is 2.30. The summed E-state index contributed by atoms with van der Waals surface area (Å²) in [5, 5.41) is 9.48. The fourth-order valence-corrected chi connectivity index (χ4v) is 1.32. The third-order valence-corrected chi connectivity index (χ3v) is 1.93. The standard InChI is InChI=1S/C9H10O2/c10-8-5-6-11-9-4-2-1-3-7(8)9/h1-4,8,10H,5-6H2/t8-/m0/s1. The van der Waals surface area contributed by atoms with Crippen LogP contribution in [0.2, 0.25) is 0 Å². The first-order chi connectivity index (χ1) is 5.38. The Morgan fingerprint density at radius 1 is 1.36 bits per heavy atom. The van der Waals surface area contributed by atoms with E-state index in [0.29, 0.717) is 13.0 Å². The molecule has 0 amide bonds. The highest BCUT2D eigenvalue weighted by atomic mass is 16.5. The van der Waals surface area contributed by atoms with Gasteiger partial charge < -0.3 is 9.84 Å². The molecule has 0 bridgehead atoms.